The number of aliphatic hydroxyl groups excluding tert-OH is 1. The zero-order valence-electron chi connectivity index (χ0n) is 19.8. The Morgan fingerprint density at radius 3 is 2.53 bits per heavy atom. The molecule has 36 heavy (non-hydrogen) atoms. The average molecular weight is 509 g/mol. The first kappa shape index (κ1) is 24.9. The van der Waals surface area contributed by atoms with Gasteiger partial charge in [-0.15, -0.1) is 0 Å². The molecular formula is C26H24N2O7S. The Bertz CT molecular complexity index is 1360. The Morgan fingerprint density at radius 1 is 1.17 bits per heavy atom. The highest BCUT2D eigenvalue weighted by Crippen LogP contribution is 2.44. The van der Waals surface area contributed by atoms with Gasteiger partial charge in [-0.1, -0.05) is 30.4 Å². The Labute approximate surface area is 211 Å². The summed E-state index contributed by atoms with van der Waals surface area (Å²) in [6.45, 7) is 4.11. The number of ether oxygens (including phenoxy) is 2. The number of phenols is 1. The van der Waals surface area contributed by atoms with Crippen LogP contribution in [0.2, 0.25) is 0 Å². The molecule has 0 spiro atoms. The minimum atomic E-state index is -1.09. The van der Waals surface area contributed by atoms with Crippen molar-refractivity contribution in [3.05, 3.63) is 75.8 Å². The van der Waals surface area contributed by atoms with Crippen molar-refractivity contribution in [2.75, 3.05) is 18.6 Å². The lowest BCUT2D eigenvalue weighted by Gasteiger charge is -2.23. The van der Waals surface area contributed by atoms with Gasteiger partial charge in [0.25, 0.3) is 5.78 Å². The van der Waals surface area contributed by atoms with Gasteiger partial charge in [-0.3, -0.25) is 14.5 Å². The number of carbonyl (C=O) groups excluding carboxylic acids is 3. The van der Waals surface area contributed by atoms with Gasteiger partial charge in [0.15, 0.2) is 5.13 Å². The van der Waals surface area contributed by atoms with Gasteiger partial charge >= 0.3 is 11.9 Å². The van der Waals surface area contributed by atoms with E-state index in [1.807, 2.05) is 6.92 Å². The summed E-state index contributed by atoms with van der Waals surface area (Å²) in [7, 11) is 1.23. The molecule has 0 saturated carbocycles. The van der Waals surface area contributed by atoms with Crippen molar-refractivity contribution in [2.24, 2.45) is 0 Å². The summed E-state index contributed by atoms with van der Waals surface area (Å²) in [5, 5.41) is 21.4. The number of rotatable bonds is 7. The maximum absolute atomic E-state index is 13.3. The molecular weight excluding hydrogens is 484 g/mol. The number of thiazole rings is 1. The number of Topliss-reactive ketones (excluding diaryl/α,β-unsaturated/α-hetero) is 1. The molecule has 1 aromatic heterocycles. The van der Waals surface area contributed by atoms with E-state index in [0.29, 0.717) is 29.2 Å². The first-order valence-electron chi connectivity index (χ1n) is 11.2. The first-order chi connectivity index (χ1) is 17.3. The molecule has 1 fully saturated rings. The number of amides is 1. The second-order valence-corrected chi connectivity index (χ2v) is 9.02. The lowest BCUT2D eigenvalue weighted by molar-refractivity contribution is -0.132. The van der Waals surface area contributed by atoms with E-state index in [2.05, 4.69) is 4.98 Å². The molecule has 1 atom stereocenters. The predicted octanol–water partition coefficient (Wildman–Crippen LogP) is 4.36. The fourth-order valence-corrected chi connectivity index (χ4v) is 4.90. The number of methoxy groups -OCH3 is 1. The monoisotopic (exact) mass is 508 g/mol. The Morgan fingerprint density at radius 2 is 1.89 bits per heavy atom. The molecule has 1 amide bonds. The largest absolute Gasteiger partial charge is 0.508 e. The second kappa shape index (κ2) is 10.2. The van der Waals surface area contributed by atoms with Crippen LogP contribution < -0.4 is 9.64 Å². The van der Waals surface area contributed by atoms with Gasteiger partial charge in [0.2, 0.25) is 0 Å². The van der Waals surface area contributed by atoms with Gasteiger partial charge in [-0.25, -0.2) is 9.78 Å². The molecule has 1 aliphatic rings. The third kappa shape index (κ3) is 4.55. The number of aliphatic hydroxyl groups is 1. The molecule has 1 saturated heterocycles. The van der Waals surface area contributed by atoms with Crippen LogP contribution in [-0.4, -0.2) is 46.6 Å². The average Bonchev–Trinajstić information content (AvgIpc) is 3.38. The van der Waals surface area contributed by atoms with Gasteiger partial charge in [0.1, 0.15) is 22.1 Å². The number of aromatic hydroxyl groups is 1. The van der Waals surface area contributed by atoms with Crippen LogP contribution in [0.4, 0.5) is 5.13 Å². The fourth-order valence-electron chi connectivity index (χ4n) is 3.89. The van der Waals surface area contributed by atoms with E-state index >= 15 is 0 Å². The van der Waals surface area contributed by atoms with Crippen LogP contribution in [-0.2, 0) is 14.3 Å². The van der Waals surface area contributed by atoms with Crippen molar-refractivity contribution in [3.63, 3.8) is 0 Å². The smallest absolute Gasteiger partial charge is 0.350 e. The number of anilines is 1. The van der Waals surface area contributed by atoms with Crippen LogP contribution in [0.15, 0.2) is 54.1 Å². The number of hydrogen-bond donors (Lipinski definition) is 2. The molecule has 10 heteroatoms. The zero-order chi connectivity index (χ0) is 26.0. The van der Waals surface area contributed by atoms with Crippen molar-refractivity contribution >= 4 is 39.9 Å². The van der Waals surface area contributed by atoms with E-state index in [4.69, 9.17) is 9.47 Å². The summed E-state index contributed by atoms with van der Waals surface area (Å²) < 4.78 is 10.4. The summed E-state index contributed by atoms with van der Waals surface area (Å²) in [6.07, 6.45) is 0.836. The zero-order valence-corrected chi connectivity index (χ0v) is 20.7. The molecule has 2 N–H and O–H groups in total. The third-order valence-corrected chi connectivity index (χ3v) is 6.73. The number of ketones is 1. The van der Waals surface area contributed by atoms with Crippen molar-refractivity contribution < 1.29 is 34.1 Å². The third-order valence-electron chi connectivity index (χ3n) is 5.59. The van der Waals surface area contributed by atoms with Crippen LogP contribution in [0.3, 0.4) is 0 Å². The van der Waals surface area contributed by atoms with E-state index in [1.54, 1.807) is 43.3 Å². The highest BCUT2D eigenvalue weighted by atomic mass is 32.1. The molecule has 186 valence electrons. The second-order valence-electron chi connectivity index (χ2n) is 8.04. The molecule has 1 aliphatic heterocycles. The van der Waals surface area contributed by atoms with Crippen molar-refractivity contribution in [3.8, 4) is 11.5 Å². The van der Waals surface area contributed by atoms with E-state index in [9.17, 15) is 24.6 Å². The Hall–Kier alpha value is -4.18. The van der Waals surface area contributed by atoms with E-state index in [0.717, 1.165) is 22.7 Å². The minimum absolute atomic E-state index is 0.0823. The Balaban J connectivity index is 1.86. The summed E-state index contributed by atoms with van der Waals surface area (Å²) in [5.41, 5.74) is 0.861. The molecule has 4 rings (SSSR count). The number of esters is 1. The minimum Gasteiger partial charge on any atom is -0.508 e. The molecule has 0 aliphatic carbocycles. The fraction of sp³-hybridized carbons (Fsp3) is 0.231. The number of phenolic OH excluding ortho intramolecular Hbond substituents is 1. The maximum Gasteiger partial charge on any atom is 0.350 e. The van der Waals surface area contributed by atoms with Gasteiger partial charge in [-0.05, 0) is 55.3 Å². The highest BCUT2D eigenvalue weighted by molar-refractivity contribution is 7.17. The van der Waals surface area contributed by atoms with Gasteiger partial charge < -0.3 is 19.7 Å². The summed E-state index contributed by atoms with van der Waals surface area (Å²) in [5.74, 6) is -2.31. The number of aromatic nitrogens is 1. The summed E-state index contributed by atoms with van der Waals surface area (Å²) in [4.78, 5) is 44.3. The highest BCUT2D eigenvalue weighted by Gasteiger charge is 2.48. The molecule has 2 heterocycles. The van der Waals surface area contributed by atoms with Crippen molar-refractivity contribution in [2.45, 2.75) is 26.3 Å². The normalized spacial score (nSPS) is 16.9. The molecule has 0 radical (unpaired) electrons. The molecule has 9 nitrogen and oxygen atoms in total. The van der Waals surface area contributed by atoms with E-state index in [-0.39, 0.29) is 27.1 Å². The number of hydrogen-bond acceptors (Lipinski definition) is 9. The molecule has 3 aromatic rings. The number of benzene rings is 2. The standard InChI is InChI=1S/C26H24N2O7S/c1-4-12-35-18-10-8-15(9-11-18)21(30)19-20(16-6-5-7-17(29)13-16)28(24(32)22(19)31)26-27-14(2)23(36-26)25(33)34-3/h5-11,13,20,29-30H,4,12H2,1-3H3/b21-19+/t20-/m0/s1. The van der Waals surface area contributed by atoms with Crippen LogP contribution in [0.25, 0.3) is 5.76 Å². The van der Waals surface area contributed by atoms with Crippen LogP contribution >= 0.6 is 11.3 Å². The lowest BCUT2D eigenvalue weighted by Crippen LogP contribution is -2.29. The van der Waals surface area contributed by atoms with E-state index < -0.39 is 23.7 Å². The predicted molar refractivity (Wildman–Crippen MR) is 133 cm³/mol. The Kier molecular flexibility index (Phi) is 7.07. The van der Waals surface area contributed by atoms with Gasteiger partial charge in [0.05, 0.1) is 31.0 Å². The van der Waals surface area contributed by atoms with Gasteiger partial charge in [-0.2, -0.15) is 0 Å². The van der Waals surface area contributed by atoms with Crippen molar-refractivity contribution in [1.29, 1.82) is 0 Å². The first-order valence-corrected chi connectivity index (χ1v) is 12.0. The number of nitrogens with zero attached hydrogens (tertiary/aromatic N) is 2. The SMILES string of the molecule is CCCOc1ccc(/C(O)=C2\C(=O)C(=O)N(c3nc(C)c(C(=O)OC)s3)[C@H]2c2cccc(O)c2)cc1. The maximum atomic E-state index is 13.3. The molecule has 0 bridgehead atoms. The number of aryl methyl sites for hydroxylation is 1. The van der Waals surface area contributed by atoms with Gasteiger partial charge in [0, 0.05) is 5.56 Å². The van der Waals surface area contributed by atoms with Crippen LogP contribution in [0, 0.1) is 6.92 Å². The lowest BCUT2D eigenvalue weighted by atomic mass is 9.95. The summed E-state index contributed by atoms with van der Waals surface area (Å²) >= 11 is 0.901. The van der Waals surface area contributed by atoms with E-state index in [1.165, 1.54) is 19.2 Å². The number of carbonyl (C=O) groups is 3. The van der Waals surface area contributed by atoms with Crippen LogP contribution in [0.1, 0.15) is 45.9 Å². The molecule has 2 aromatic carbocycles. The summed E-state index contributed by atoms with van der Waals surface area (Å²) in [6, 6.07) is 11.5. The molecule has 0 unspecified atom stereocenters. The van der Waals surface area contributed by atoms with Crippen LogP contribution in [0.5, 0.6) is 11.5 Å². The van der Waals surface area contributed by atoms with Crippen molar-refractivity contribution in [1.82, 2.24) is 4.98 Å². The topological polar surface area (TPSA) is 126 Å². The quantitative estimate of drug-likeness (QED) is 0.209.